The molecule has 0 aliphatic heterocycles. The van der Waals surface area contributed by atoms with Crippen LogP contribution in [-0.4, -0.2) is 16.3 Å². The molecule has 0 unspecified atom stereocenters. The topological polar surface area (TPSA) is 63.0 Å². The molecule has 0 amide bonds. The van der Waals surface area contributed by atoms with E-state index in [1.807, 2.05) is 72.8 Å². The van der Waals surface area contributed by atoms with Gasteiger partial charge in [0.1, 0.15) is 16.8 Å². The van der Waals surface area contributed by atoms with Gasteiger partial charge in [-0.3, -0.25) is 4.21 Å². The highest BCUT2D eigenvalue weighted by molar-refractivity contribution is 7.84. The maximum absolute atomic E-state index is 13.4. The first kappa shape index (κ1) is 21.8. The Morgan fingerprint density at radius 3 is 2.28 bits per heavy atom. The van der Waals surface area contributed by atoms with Crippen LogP contribution in [0.3, 0.4) is 0 Å². The number of nitriles is 1. The lowest BCUT2D eigenvalue weighted by atomic mass is 9.99. The molecule has 158 valence electrons. The summed E-state index contributed by atoms with van der Waals surface area (Å²) in [6.07, 6.45) is 0. The lowest BCUT2D eigenvalue weighted by molar-refractivity contribution is 0.415. The predicted molar refractivity (Wildman–Crippen MR) is 128 cm³/mol. The van der Waals surface area contributed by atoms with Gasteiger partial charge >= 0.3 is 0 Å². The molecule has 0 spiro atoms. The molecule has 0 N–H and O–H groups in total. The molecule has 0 radical (unpaired) electrons. The van der Waals surface area contributed by atoms with E-state index in [1.165, 1.54) is 0 Å². The van der Waals surface area contributed by atoms with Crippen LogP contribution in [0.1, 0.15) is 11.1 Å². The van der Waals surface area contributed by atoms with Crippen molar-refractivity contribution in [1.82, 2.24) is 4.98 Å². The van der Waals surface area contributed by atoms with Gasteiger partial charge in [0.2, 0.25) is 0 Å². The smallest absolute Gasteiger partial charge is 0.146 e. The van der Waals surface area contributed by atoms with Crippen LogP contribution in [0.25, 0.3) is 22.4 Å². The molecule has 1 heterocycles. The number of ether oxygens (including phenoxy) is 1. The summed E-state index contributed by atoms with van der Waals surface area (Å²) in [4.78, 5) is 4.68. The molecule has 4 rings (SSSR count). The Morgan fingerprint density at radius 2 is 1.66 bits per heavy atom. The second kappa shape index (κ2) is 9.78. The number of methoxy groups -OCH3 is 1. The number of hydrogen-bond acceptors (Lipinski definition) is 4. The van der Waals surface area contributed by atoms with E-state index in [1.54, 1.807) is 19.2 Å². The van der Waals surface area contributed by atoms with Crippen LogP contribution in [0.2, 0.25) is 5.02 Å². The van der Waals surface area contributed by atoms with Crippen LogP contribution >= 0.6 is 11.6 Å². The molecule has 1 atom stereocenters. The monoisotopic (exact) mass is 458 g/mol. The third-order valence-electron chi connectivity index (χ3n) is 5.00. The highest BCUT2D eigenvalue weighted by Gasteiger charge is 2.20. The number of pyridine rings is 1. The molecule has 0 aliphatic carbocycles. The summed E-state index contributed by atoms with van der Waals surface area (Å²) in [5, 5.41) is 10.9. The normalized spacial score (nSPS) is 11.5. The molecule has 1 aromatic heterocycles. The van der Waals surface area contributed by atoms with Gasteiger partial charge in [-0.1, -0.05) is 54.1 Å². The molecule has 0 saturated heterocycles. The average Bonchev–Trinajstić information content (AvgIpc) is 2.85. The van der Waals surface area contributed by atoms with Crippen molar-refractivity contribution in [1.29, 1.82) is 5.26 Å². The lowest BCUT2D eigenvalue weighted by Gasteiger charge is -2.13. The molecule has 0 fully saturated rings. The second-order valence-corrected chi connectivity index (χ2v) is 8.86. The van der Waals surface area contributed by atoms with Gasteiger partial charge in [-0.2, -0.15) is 5.26 Å². The standard InChI is InChI=1S/C26H19ClN2O2S/c1-31-22-13-9-20(10-14-22)25-15-23(19-5-3-2-4-6-19)24(16-28)26(29-25)32(30)17-18-7-11-21(27)12-8-18/h2-15H,17H2,1H3/t32-/m1/s1. The molecule has 0 bridgehead atoms. The van der Waals surface area contributed by atoms with E-state index in [4.69, 9.17) is 16.3 Å². The quantitative estimate of drug-likeness (QED) is 0.342. The van der Waals surface area contributed by atoms with Gasteiger partial charge < -0.3 is 4.74 Å². The Hall–Kier alpha value is -3.46. The average molecular weight is 459 g/mol. The minimum atomic E-state index is -1.53. The van der Waals surface area contributed by atoms with Crippen molar-refractivity contribution < 1.29 is 8.95 Å². The van der Waals surface area contributed by atoms with E-state index >= 15 is 0 Å². The number of hydrogen-bond donors (Lipinski definition) is 0. The molecule has 0 saturated carbocycles. The van der Waals surface area contributed by atoms with Gasteiger partial charge in [0.05, 0.1) is 34.9 Å². The third kappa shape index (κ3) is 4.72. The van der Waals surface area contributed by atoms with Crippen molar-refractivity contribution >= 4 is 22.4 Å². The third-order valence-corrected chi connectivity index (χ3v) is 6.57. The first-order valence-corrected chi connectivity index (χ1v) is 11.6. The van der Waals surface area contributed by atoms with Crippen molar-refractivity contribution in [2.45, 2.75) is 10.8 Å². The summed E-state index contributed by atoms with van der Waals surface area (Å²) in [5.41, 5.74) is 4.23. The largest absolute Gasteiger partial charge is 0.497 e. The van der Waals surface area contributed by atoms with Gasteiger partial charge in [0.15, 0.2) is 0 Å². The Balaban J connectivity index is 1.85. The van der Waals surface area contributed by atoms with Gasteiger partial charge in [0.25, 0.3) is 0 Å². The van der Waals surface area contributed by atoms with Crippen molar-refractivity contribution in [3.63, 3.8) is 0 Å². The fourth-order valence-corrected chi connectivity index (χ4v) is 4.69. The van der Waals surface area contributed by atoms with Crippen molar-refractivity contribution in [3.05, 3.63) is 101 Å². The Morgan fingerprint density at radius 1 is 0.969 bits per heavy atom. The van der Waals surface area contributed by atoms with Crippen LogP contribution in [0.5, 0.6) is 5.75 Å². The van der Waals surface area contributed by atoms with Gasteiger partial charge in [-0.15, -0.1) is 0 Å². The number of halogens is 1. The Labute approximate surface area is 194 Å². The van der Waals surface area contributed by atoms with Crippen molar-refractivity contribution in [2.75, 3.05) is 7.11 Å². The Kier molecular flexibility index (Phi) is 6.65. The summed E-state index contributed by atoms with van der Waals surface area (Å²) < 4.78 is 18.6. The summed E-state index contributed by atoms with van der Waals surface area (Å²) >= 11 is 5.97. The Bertz CT molecular complexity index is 1300. The highest BCUT2D eigenvalue weighted by Crippen LogP contribution is 2.32. The molecule has 32 heavy (non-hydrogen) atoms. The van der Waals surface area contributed by atoms with Crippen LogP contribution < -0.4 is 4.74 Å². The minimum absolute atomic E-state index is 0.235. The van der Waals surface area contributed by atoms with E-state index < -0.39 is 10.8 Å². The summed E-state index contributed by atoms with van der Waals surface area (Å²) in [5.74, 6) is 0.969. The maximum atomic E-state index is 13.4. The van der Waals surface area contributed by atoms with Gasteiger partial charge in [-0.05, 0) is 53.6 Å². The second-order valence-electron chi connectivity index (χ2n) is 7.06. The fraction of sp³-hybridized carbons (Fsp3) is 0.0769. The fourth-order valence-electron chi connectivity index (χ4n) is 3.35. The summed E-state index contributed by atoms with van der Waals surface area (Å²) in [6.45, 7) is 0. The van der Waals surface area contributed by atoms with E-state index in [-0.39, 0.29) is 10.8 Å². The first-order valence-electron chi connectivity index (χ1n) is 9.87. The van der Waals surface area contributed by atoms with Crippen LogP contribution in [0, 0.1) is 11.3 Å². The van der Waals surface area contributed by atoms with Crippen LogP contribution in [0.4, 0.5) is 0 Å². The van der Waals surface area contributed by atoms with E-state index in [2.05, 4.69) is 11.1 Å². The summed E-state index contributed by atoms with van der Waals surface area (Å²) in [7, 11) is 0.0837. The van der Waals surface area contributed by atoms with E-state index in [9.17, 15) is 9.47 Å². The molecule has 4 aromatic rings. The molecular weight excluding hydrogens is 440 g/mol. The number of benzene rings is 3. The number of nitrogens with zero attached hydrogens (tertiary/aromatic N) is 2. The number of rotatable bonds is 6. The van der Waals surface area contributed by atoms with Crippen LogP contribution in [-0.2, 0) is 16.6 Å². The molecule has 3 aromatic carbocycles. The molecule has 0 aliphatic rings. The first-order chi connectivity index (χ1) is 15.6. The zero-order chi connectivity index (χ0) is 22.5. The van der Waals surface area contributed by atoms with Crippen molar-refractivity contribution in [3.8, 4) is 34.2 Å². The van der Waals surface area contributed by atoms with Gasteiger partial charge in [0, 0.05) is 16.1 Å². The predicted octanol–water partition coefficient (Wildman–Crippen LogP) is 6.26. The lowest BCUT2D eigenvalue weighted by Crippen LogP contribution is -2.05. The maximum Gasteiger partial charge on any atom is 0.146 e. The van der Waals surface area contributed by atoms with Crippen LogP contribution in [0.15, 0.2) is 90.0 Å². The zero-order valence-corrected chi connectivity index (χ0v) is 18.9. The summed E-state index contributed by atoms with van der Waals surface area (Å²) in [6, 6.07) is 28.4. The number of aromatic nitrogens is 1. The minimum Gasteiger partial charge on any atom is -0.497 e. The molecule has 4 nitrogen and oxygen atoms in total. The molecule has 6 heteroatoms. The van der Waals surface area contributed by atoms with Crippen molar-refractivity contribution in [2.24, 2.45) is 0 Å². The SMILES string of the molecule is COc1ccc(-c2cc(-c3ccccc3)c(C#N)c([S@](=O)Cc3ccc(Cl)cc3)n2)cc1. The van der Waals surface area contributed by atoms with E-state index in [0.717, 1.165) is 22.4 Å². The zero-order valence-electron chi connectivity index (χ0n) is 17.3. The highest BCUT2D eigenvalue weighted by atomic mass is 35.5. The molecular formula is C26H19ClN2O2S. The van der Waals surface area contributed by atoms with E-state index in [0.29, 0.717) is 21.8 Å². The van der Waals surface area contributed by atoms with Gasteiger partial charge in [-0.25, -0.2) is 4.98 Å².